The van der Waals surface area contributed by atoms with E-state index in [1.54, 1.807) is 0 Å². The Labute approximate surface area is 141 Å². The molecule has 1 amide bonds. The molecule has 1 aromatic rings. The highest BCUT2D eigenvalue weighted by Gasteiger charge is 2.18. The molecule has 0 aliphatic heterocycles. The quantitative estimate of drug-likeness (QED) is 0.764. The van der Waals surface area contributed by atoms with Crippen LogP contribution < -0.4 is 10.6 Å². The first-order valence-corrected chi connectivity index (χ1v) is 8.57. The summed E-state index contributed by atoms with van der Waals surface area (Å²) in [4.78, 5) is 11.8. The second kappa shape index (κ2) is 9.56. The highest BCUT2D eigenvalue weighted by molar-refractivity contribution is 5.67. The van der Waals surface area contributed by atoms with Crippen molar-refractivity contribution >= 4 is 6.09 Å². The number of nitrogens with one attached hydrogen (secondary N) is 2. The van der Waals surface area contributed by atoms with Crippen molar-refractivity contribution in [2.24, 2.45) is 0 Å². The molecule has 0 saturated carbocycles. The molecule has 2 atom stereocenters. The zero-order valence-electron chi connectivity index (χ0n) is 15.2. The van der Waals surface area contributed by atoms with Crippen LogP contribution in [0.25, 0.3) is 0 Å². The summed E-state index contributed by atoms with van der Waals surface area (Å²) in [6, 6.07) is 11.1. The Hall–Kier alpha value is -1.55. The second-order valence-corrected chi connectivity index (χ2v) is 7.13. The van der Waals surface area contributed by atoms with Crippen LogP contribution in [0.2, 0.25) is 0 Å². The third-order valence-electron chi connectivity index (χ3n) is 3.43. The first-order valence-electron chi connectivity index (χ1n) is 8.57. The molecule has 0 fully saturated rings. The summed E-state index contributed by atoms with van der Waals surface area (Å²) in [5, 5.41) is 6.48. The number of carbonyl (C=O) groups excluding carboxylic acids is 1. The maximum Gasteiger partial charge on any atom is 0.407 e. The molecule has 0 saturated heterocycles. The van der Waals surface area contributed by atoms with Crippen molar-refractivity contribution in [3.8, 4) is 0 Å². The predicted molar refractivity (Wildman–Crippen MR) is 95.7 cm³/mol. The Morgan fingerprint density at radius 1 is 1.22 bits per heavy atom. The molecule has 0 aromatic heterocycles. The van der Waals surface area contributed by atoms with E-state index in [1.165, 1.54) is 5.56 Å². The molecular formula is C19H32N2O2. The van der Waals surface area contributed by atoms with Crippen molar-refractivity contribution in [2.75, 3.05) is 6.54 Å². The Balaban J connectivity index is 2.43. The molecule has 0 spiro atoms. The maximum absolute atomic E-state index is 11.8. The SMILES string of the molecule is CCCC(CNC(=O)OC(C)(C)C)NC(C)Cc1ccccc1. The van der Waals surface area contributed by atoms with Gasteiger partial charge < -0.3 is 15.4 Å². The van der Waals surface area contributed by atoms with E-state index < -0.39 is 5.60 Å². The van der Waals surface area contributed by atoms with Gasteiger partial charge in [0.05, 0.1) is 0 Å². The lowest BCUT2D eigenvalue weighted by atomic mass is 10.1. The van der Waals surface area contributed by atoms with Crippen LogP contribution in [0.1, 0.15) is 53.0 Å². The molecule has 130 valence electrons. The number of carbonyl (C=O) groups is 1. The Morgan fingerprint density at radius 3 is 2.43 bits per heavy atom. The fourth-order valence-electron chi connectivity index (χ4n) is 2.54. The van der Waals surface area contributed by atoms with Crippen LogP contribution >= 0.6 is 0 Å². The van der Waals surface area contributed by atoms with Crippen LogP contribution in [0.3, 0.4) is 0 Å². The number of ether oxygens (including phenoxy) is 1. The van der Waals surface area contributed by atoms with Crippen LogP contribution in [-0.4, -0.2) is 30.3 Å². The summed E-state index contributed by atoms with van der Waals surface area (Å²) < 4.78 is 5.29. The van der Waals surface area contributed by atoms with E-state index >= 15 is 0 Å². The molecule has 0 aliphatic rings. The minimum absolute atomic E-state index is 0.256. The van der Waals surface area contributed by atoms with Gasteiger partial charge in [0.2, 0.25) is 0 Å². The van der Waals surface area contributed by atoms with Gasteiger partial charge in [0.15, 0.2) is 0 Å². The Morgan fingerprint density at radius 2 is 1.87 bits per heavy atom. The lowest BCUT2D eigenvalue weighted by Crippen LogP contribution is -2.46. The number of benzene rings is 1. The highest BCUT2D eigenvalue weighted by atomic mass is 16.6. The molecule has 2 unspecified atom stereocenters. The third kappa shape index (κ3) is 9.24. The van der Waals surface area contributed by atoms with Gasteiger partial charge in [0, 0.05) is 18.6 Å². The van der Waals surface area contributed by atoms with Gasteiger partial charge in [-0.05, 0) is 46.1 Å². The third-order valence-corrected chi connectivity index (χ3v) is 3.43. The summed E-state index contributed by atoms with van der Waals surface area (Å²) in [5.74, 6) is 0. The van der Waals surface area contributed by atoms with Crippen LogP contribution in [0.4, 0.5) is 4.79 Å². The minimum atomic E-state index is -0.460. The van der Waals surface area contributed by atoms with Crippen molar-refractivity contribution in [3.05, 3.63) is 35.9 Å². The van der Waals surface area contributed by atoms with Crippen molar-refractivity contribution in [3.63, 3.8) is 0 Å². The number of amides is 1. The predicted octanol–water partition coefficient (Wildman–Crippen LogP) is 3.90. The van der Waals surface area contributed by atoms with Crippen LogP contribution in [0.5, 0.6) is 0 Å². The average Bonchev–Trinajstić information content (AvgIpc) is 2.44. The number of alkyl carbamates (subject to hydrolysis) is 1. The van der Waals surface area contributed by atoms with Crippen molar-refractivity contribution < 1.29 is 9.53 Å². The van der Waals surface area contributed by atoms with E-state index in [4.69, 9.17) is 4.74 Å². The number of hydrogen-bond donors (Lipinski definition) is 2. The highest BCUT2D eigenvalue weighted by Crippen LogP contribution is 2.07. The minimum Gasteiger partial charge on any atom is -0.444 e. The summed E-state index contributed by atoms with van der Waals surface area (Å²) in [7, 11) is 0. The van der Waals surface area contributed by atoms with Crippen LogP contribution in [0.15, 0.2) is 30.3 Å². The smallest absolute Gasteiger partial charge is 0.407 e. The number of rotatable bonds is 8. The van der Waals surface area contributed by atoms with Crippen LogP contribution in [0, 0.1) is 0 Å². The fourth-order valence-corrected chi connectivity index (χ4v) is 2.54. The van der Waals surface area contributed by atoms with E-state index in [0.29, 0.717) is 12.6 Å². The topological polar surface area (TPSA) is 50.4 Å². The molecule has 1 rings (SSSR count). The normalized spacial score (nSPS) is 14.1. The summed E-state index contributed by atoms with van der Waals surface area (Å²) in [5.41, 5.74) is 0.862. The van der Waals surface area contributed by atoms with Gasteiger partial charge in [-0.3, -0.25) is 0 Å². The van der Waals surface area contributed by atoms with Crippen molar-refractivity contribution in [2.45, 2.75) is 71.6 Å². The molecular weight excluding hydrogens is 288 g/mol. The Bertz CT molecular complexity index is 454. The van der Waals surface area contributed by atoms with Gasteiger partial charge in [0.25, 0.3) is 0 Å². The largest absolute Gasteiger partial charge is 0.444 e. The molecule has 1 aromatic carbocycles. The summed E-state index contributed by atoms with van der Waals surface area (Å²) in [6.07, 6.45) is 2.73. The summed E-state index contributed by atoms with van der Waals surface area (Å²) in [6.45, 7) is 10.5. The lowest BCUT2D eigenvalue weighted by molar-refractivity contribution is 0.0521. The first-order chi connectivity index (χ1) is 10.8. The van der Waals surface area contributed by atoms with E-state index in [1.807, 2.05) is 26.8 Å². The molecule has 2 N–H and O–H groups in total. The van der Waals surface area contributed by atoms with Gasteiger partial charge in [-0.1, -0.05) is 43.7 Å². The van der Waals surface area contributed by atoms with Gasteiger partial charge in [0.1, 0.15) is 5.60 Å². The van der Waals surface area contributed by atoms with Crippen molar-refractivity contribution in [1.82, 2.24) is 10.6 Å². The first kappa shape index (κ1) is 19.5. The fraction of sp³-hybridized carbons (Fsp3) is 0.632. The van der Waals surface area contributed by atoms with E-state index in [-0.39, 0.29) is 12.1 Å². The molecule has 4 heteroatoms. The van der Waals surface area contributed by atoms with Gasteiger partial charge in [-0.15, -0.1) is 0 Å². The number of hydrogen-bond acceptors (Lipinski definition) is 3. The zero-order valence-corrected chi connectivity index (χ0v) is 15.2. The molecule has 0 bridgehead atoms. The molecule has 4 nitrogen and oxygen atoms in total. The molecule has 0 radical (unpaired) electrons. The van der Waals surface area contributed by atoms with Gasteiger partial charge >= 0.3 is 6.09 Å². The lowest BCUT2D eigenvalue weighted by Gasteiger charge is -2.25. The van der Waals surface area contributed by atoms with Crippen LogP contribution in [-0.2, 0) is 11.2 Å². The van der Waals surface area contributed by atoms with Gasteiger partial charge in [-0.2, -0.15) is 0 Å². The molecule has 23 heavy (non-hydrogen) atoms. The van der Waals surface area contributed by atoms with E-state index in [2.05, 4.69) is 48.7 Å². The maximum atomic E-state index is 11.8. The monoisotopic (exact) mass is 320 g/mol. The van der Waals surface area contributed by atoms with Gasteiger partial charge in [-0.25, -0.2) is 4.79 Å². The zero-order chi connectivity index (χ0) is 17.3. The Kier molecular flexibility index (Phi) is 8.10. The van der Waals surface area contributed by atoms with E-state index in [0.717, 1.165) is 19.3 Å². The van der Waals surface area contributed by atoms with E-state index in [9.17, 15) is 4.79 Å². The standard InChI is InChI=1S/C19H32N2O2/c1-6-10-17(14-20-18(22)23-19(3,4)5)21-15(2)13-16-11-8-7-9-12-16/h7-9,11-12,15,17,21H,6,10,13-14H2,1-5H3,(H,20,22). The average molecular weight is 320 g/mol. The van der Waals surface area contributed by atoms with Crippen molar-refractivity contribution in [1.29, 1.82) is 0 Å². The summed E-state index contributed by atoms with van der Waals surface area (Å²) >= 11 is 0. The molecule has 0 aliphatic carbocycles. The molecule has 0 heterocycles. The second-order valence-electron chi connectivity index (χ2n) is 7.13.